The molecule has 2 saturated carbocycles. The molecule has 226 valence electrons. The smallest absolute Gasteiger partial charge is 0.251 e. The lowest BCUT2D eigenvalue weighted by atomic mass is 9.95. The van der Waals surface area contributed by atoms with Crippen LogP contribution in [0.3, 0.4) is 0 Å². The van der Waals surface area contributed by atoms with Crippen molar-refractivity contribution < 1.29 is 9.59 Å². The number of benzene rings is 1. The third-order valence-corrected chi connectivity index (χ3v) is 5.70. The maximum Gasteiger partial charge on any atom is 0.251 e. The van der Waals surface area contributed by atoms with Gasteiger partial charge in [-0.2, -0.15) is 0 Å². The number of hydrogen-bond acceptors (Lipinski definition) is 5. The molecule has 0 atom stereocenters. The standard InChI is InChI=1S/C20H28N2O2.C2H7N3.C2H6N2.2C2H6.CH5N/c23-19(21-17-7-3-1-4-8-17)15-11-13-16(14-12-15)20(24)22-18-9-5-2-6-10-18;1-5-2(3)4;1-4-2-3;3*1-2/h11-14,17-18H,1-10H2,(H,21,23)(H,22,24);1H3,(H4,3,4,5);2H,1H3,(H2,3,4);2*1-2H3;2H2,1H3. The zero-order valence-corrected chi connectivity index (χ0v) is 25.6. The molecule has 2 aliphatic carbocycles. The van der Waals surface area contributed by atoms with E-state index in [1.165, 1.54) is 59.0 Å². The third-order valence-electron chi connectivity index (χ3n) is 5.70. The van der Waals surface area contributed by atoms with Crippen molar-refractivity contribution in [3.8, 4) is 0 Å². The van der Waals surface area contributed by atoms with Gasteiger partial charge in [0.1, 0.15) is 0 Å². The second kappa shape index (κ2) is 29.4. The summed E-state index contributed by atoms with van der Waals surface area (Å²) in [6.45, 7) is 8.00. The summed E-state index contributed by atoms with van der Waals surface area (Å²) >= 11 is 0. The molecule has 0 aliphatic heterocycles. The van der Waals surface area contributed by atoms with Crippen LogP contribution in [0.1, 0.15) is 113 Å². The second-order valence-corrected chi connectivity index (χ2v) is 8.25. The van der Waals surface area contributed by atoms with E-state index in [0.717, 1.165) is 25.7 Å². The van der Waals surface area contributed by atoms with E-state index in [1.807, 2.05) is 27.7 Å². The number of amides is 2. The van der Waals surface area contributed by atoms with E-state index in [1.54, 1.807) is 31.3 Å². The highest BCUT2D eigenvalue weighted by Crippen LogP contribution is 2.19. The average molecular weight is 551 g/mol. The van der Waals surface area contributed by atoms with Crippen LogP contribution in [0.15, 0.2) is 34.3 Å². The molecule has 1 aromatic carbocycles. The Morgan fingerprint density at radius 2 is 0.974 bits per heavy atom. The lowest BCUT2D eigenvalue weighted by molar-refractivity contribution is 0.0915. The molecule has 2 fully saturated rings. The molecular weight excluding hydrogens is 492 g/mol. The number of guanidine groups is 1. The van der Waals surface area contributed by atoms with Crippen LogP contribution in [0.25, 0.3) is 0 Å². The minimum Gasteiger partial charge on any atom is -0.390 e. The van der Waals surface area contributed by atoms with Crippen molar-refractivity contribution in [2.24, 2.45) is 32.9 Å². The zero-order chi connectivity index (χ0) is 30.5. The molecule has 0 bridgehead atoms. The summed E-state index contributed by atoms with van der Waals surface area (Å²) in [5, 5.41) is 6.22. The molecule has 0 spiro atoms. The number of nitrogens with one attached hydrogen (secondary N) is 2. The maximum atomic E-state index is 12.3. The Kier molecular flexibility index (Phi) is 30.4. The van der Waals surface area contributed by atoms with E-state index in [-0.39, 0.29) is 17.8 Å². The van der Waals surface area contributed by atoms with Gasteiger partial charge in [0.05, 0.1) is 6.34 Å². The van der Waals surface area contributed by atoms with Crippen molar-refractivity contribution in [2.45, 2.75) is 104 Å². The van der Waals surface area contributed by atoms with Crippen LogP contribution >= 0.6 is 0 Å². The molecule has 0 radical (unpaired) electrons. The predicted molar refractivity (Wildman–Crippen MR) is 168 cm³/mol. The number of carbonyl (C=O) groups excluding carboxylic acids is 2. The van der Waals surface area contributed by atoms with Crippen molar-refractivity contribution in [1.82, 2.24) is 10.6 Å². The van der Waals surface area contributed by atoms with Crippen molar-refractivity contribution in [1.29, 1.82) is 0 Å². The normalized spacial score (nSPS) is 14.4. The number of hydrogen-bond donors (Lipinski definition) is 6. The van der Waals surface area contributed by atoms with Gasteiger partial charge in [-0.05, 0) is 57.0 Å². The number of nitrogens with zero attached hydrogens (tertiary/aromatic N) is 2. The Bertz CT molecular complexity index is 696. The molecule has 2 aliphatic rings. The van der Waals surface area contributed by atoms with Crippen molar-refractivity contribution >= 4 is 24.1 Å². The van der Waals surface area contributed by atoms with Crippen LogP contribution in [0.4, 0.5) is 0 Å². The first kappa shape index (κ1) is 40.4. The Hall–Kier alpha value is -3.14. The molecule has 0 saturated heterocycles. The second-order valence-electron chi connectivity index (χ2n) is 8.25. The van der Waals surface area contributed by atoms with Crippen LogP contribution in [0.2, 0.25) is 0 Å². The topological polar surface area (TPSA) is 187 Å². The Morgan fingerprint density at radius 1 is 0.718 bits per heavy atom. The van der Waals surface area contributed by atoms with Gasteiger partial charge in [0.15, 0.2) is 5.96 Å². The van der Waals surface area contributed by atoms with Crippen molar-refractivity contribution in [2.75, 3.05) is 21.1 Å². The van der Waals surface area contributed by atoms with E-state index in [4.69, 9.17) is 17.2 Å². The van der Waals surface area contributed by atoms with E-state index in [0.29, 0.717) is 23.2 Å². The molecule has 1 aromatic rings. The monoisotopic (exact) mass is 550 g/mol. The first-order chi connectivity index (χ1) is 18.9. The van der Waals surface area contributed by atoms with Crippen LogP contribution in [0.5, 0.6) is 0 Å². The predicted octanol–water partition coefficient (Wildman–Crippen LogP) is 3.93. The summed E-state index contributed by atoms with van der Waals surface area (Å²) in [6, 6.07) is 7.64. The first-order valence-electron chi connectivity index (χ1n) is 14.3. The first-order valence-corrected chi connectivity index (χ1v) is 14.3. The van der Waals surface area contributed by atoms with Crippen molar-refractivity contribution in [3.05, 3.63) is 35.4 Å². The van der Waals surface area contributed by atoms with E-state index in [9.17, 15) is 9.59 Å². The van der Waals surface area contributed by atoms with E-state index in [2.05, 4.69) is 26.4 Å². The Balaban J connectivity index is -0.000000726. The van der Waals surface area contributed by atoms with Gasteiger partial charge in [0.2, 0.25) is 0 Å². The Morgan fingerprint density at radius 3 is 1.18 bits per heavy atom. The third kappa shape index (κ3) is 21.5. The largest absolute Gasteiger partial charge is 0.390 e. The van der Waals surface area contributed by atoms with Crippen LogP contribution in [0, 0.1) is 0 Å². The van der Waals surface area contributed by atoms with Crippen LogP contribution in [-0.4, -0.2) is 57.3 Å². The highest BCUT2D eigenvalue weighted by atomic mass is 16.2. The summed E-state index contributed by atoms with van der Waals surface area (Å²) < 4.78 is 0. The zero-order valence-electron chi connectivity index (χ0n) is 25.6. The fraction of sp³-hybridized carbons (Fsp3) is 0.655. The summed E-state index contributed by atoms with van der Waals surface area (Å²) in [5.74, 6) is 0.0762. The number of nitrogens with two attached hydrogens (primary N) is 4. The van der Waals surface area contributed by atoms with Gasteiger partial charge < -0.3 is 33.6 Å². The van der Waals surface area contributed by atoms with Gasteiger partial charge in [-0.15, -0.1) is 0 Å². The highest BCUT2D eigenvalue weighted by Gasteiger charge is 2.18. The minimum absolute atomic E-state index is 0.0267. The quantitative estimate of drug-likeness (QED) is 0.243. The van der Waals surface area contributed by atoms with Crippen LogP contribution < -0.4 is 33.6 Å². The number of aliphatic imine (C=N–C) groups is 2. The molecule has 0 aromatic heterocycles. The molecule has 2 amide bonds. The summed E-state index contributed by atoms with van der Waals surface area (Å²) in [6.07, 6.45) is 12.9. The summed E-state index contributed by atoms with van der Waals surface area (Å²) in [7, 11) is 4.66. The fourth-order valence-corrected chi connectivity index (χ4v) is 3.80. The number of carbonyl (C=O) groups is 2. The molecule has 10 N–H and O–H groups in total. The lowest BCUT2D eigenvalue weighted by Crippen LogP contribution is -2.37. The minimum atomic E-state index is -0.0267. The summed E-state index contributed by atoms with van der Waals surface area (Å²) in [4.78, 5) is 31.3. The SMILES string of the molecule is CC.CC.CN.CN=C(N)N.CN=CN.O=C(NC1CCCCC1)c1ccc(C(=O)NC2CCCCC2)cc1. The summed E-state index contributed by atoms with van der Waals surface area (Å²) in [5.41, 5.74) is 20.1. The van der Waals surface area contributed by atoms with Gasteiger partial charge >= 0.3 is 0 Å². The van der Waals surface area contributed by atoms with Gasteiger partial charge in [0, 0.05) is 37.3 Å². The van der Waals surface area contributed by atoms with Gasteiger partial charge in [-0.1, -0.05) is 66.2 Å². The molecule has 0 unspecified atom stereocenters. The average Bonchev–Trinajstić information content (AvgIpc) is 3.01. The maximum absolute atomic E-state index is 12.3. The molecule has 10 nitrogen and oxygen atoms in total. The highest BCUT2D eigenvalue weighted by molar-refractivity contribution is 5.98. The Labute approximate surface area is 237 Å². The van der Waals surface area contributed by atoms with Gasteiger partial charge in [0.25, 0.3) is 11.8 Å². The lowest BCUT2D eigenvalue weighted by Gasteiger charge is -2.23. The molecule has 0 heterocycles. The molecule has 39 heavy (non-hydrogen) atoms. The molecular formula is C29H58N8O2. The van der Waals surface area contributed by atoms with Crippen molar-refractivity contribution in [3.63, 3.8) is 0 Å². The van der Waals surface area contributed by atoms with E-state index >= 15 is 0 Å². The molecule has 10 heteroatoms. The molecule has 3 rings (SSSR count). The number of rotatable bonds is 4. The van der Waals surface area contributed by atoms with Crippen LogP contribution in [-0.2, 0) is 0 Å². The fourth-order valence-electron chi connectivity index (χ4n) is 3.80. The van der Waals surface area contributed by atoms with E-state index < -0.39 is 0 Å². The van der Waals surface area contributed by atoms with Gasteiger partial charge in [-0.25, -0.2) is 0 Å². The van der Waals surface area contributed by atoms with Gasteiger partial charge in [-0.3, -0.25) is 19.6 Å².